The van der Waals surface area contributed by atoms with Gasteiger partial charge in [-0.05, 0) is 26.7 Å². The molecule has 1 aliphatic carbocycles. The van der Waals surface area contributed by atoms with Crippen LogP contribution in [0.2, 0.25) is 0 Å². The molecule has 2 N–H and O–H groups in total. The number of esters is 1. The monoisotopic (exact) mass is 254 g/mol. The minimum Gasteiger partial charge on any atom is -0.462 e. The lowest BCUT2D eigenvalue weighted by Crippen LogP contribution is -2.17. The molecule has 1 unspecified atom stereocenters. The van der Waals surface area contributed by atoms with Crippen molar-refractivity contribution in [2.75, 3.05) is 6.61 Å². The van der Waals surface area contributed by atoms with Gasteiger partial charge in [-0.15, -0.1) is 11.3 Å². The highest BCUT2D eigenvalue weighted by molar-refractivity contribution is 7.13. The van der Waals surface area contributed by atoms with Gasteiger partial charge in [0.25, 0.3) is 0 Å². The average Bonchev–Trinajstić information content (AvgIpc) is 3.00. The molecule has 0 amide bonds. The third-order valence-electron chi connectivity index (χ3n) is 2.62. The second-order valence-electron chi connectivity index (χ2n) is 4.50. The summed E-state index contributed by atoms with van der Waals surface area (Å²) in [4.78, 5) is 17.1. The van der Waals surface area contributed by atoms with Crippen molar-refractivity contribution in [1.29, 1.82) is 0 Å². The van der Waals surface area contributed by atoms with E-state index in [2.05, 4.69) is 4.98 Å². The maximum Gasteiger partial charge on any atom is 0.350 e. The first-order chi connectivity index (χ1) is 8.11. The van der Waals surface area contributed by atoms with Crippen LogP contribution in [0.15, 0.2) is 0 Å². The van der Waals surface area contributed by atoms with E-state index in [-0.39, 0.29) is 12.0 Å². The van der Waals surface area contributed by atoms with Crippen LogP contribution in [0.4, 0.5) is 0 Å². The number of carbonyl (C=O) groups is 1. The van der Waals surface area contributed by atoms with E-state index in [4.69, 9.17) is 10.5 Å². The van der Waals surface area contributed by atoms with Crippen LogP contribution in [-0.4, -0.2) is 23.6 Å². The molecule has 17 heavy (non-hydrogen) atoms. The minimum absolute atomic E-state index is 0.0725. The summed E-state index contributed by atoms with van der Waals surface area (Å²) in [6.45, 7) is 4.17. The van der Waals surface area contributed by atoms with Crippen molar-refractivity contribution in [2.24, 2.45) is 5.73 Å². The lowest BCUT2D eigenvalue weighted by Gasteiger charge is -1.99. The zero-order valence-corrected chi connectivity index (χ0v) is 11.0. The molecule has 1 aromatic heterocycles. The molecule has 1 fully saturated rings. The van der Waals surface area contributed by atoms with E-state index in [0.29, 0.717) is 17.4 Å². The molecule has 1 aliphatic rings. The Bertz CT molecular complexity index is 411. The zero-order valence-electron chi connectivity index (χ0n) is 10.2. The van der Waals surface area contributed by atoms with Crippen LogP contribution >= 0.6 is 11.3 Å². The van der Waals surface area contributed by atoms with E-state index in [9.17, 15) is 4.79 Å². The summed E-state index contributed by atoms with van der Waals surface area (Å²) in [5, 5.41) is 0.949. The Labute approximate surface area is 105 Å². The van der Waals surface area contributed by atoms with Crippen LogP contribution in [-0.2, 0) is 11.2 Å². The van der Waals surface area contributed by atoms with Gasteiger partial charge in [0.1, 0.15) is 4.88 Å². The van der Waals surface area contributed by atoms with Gasteiger partial charge in [-0.3, -0.25) is 0 Å². The Morgan fingerprint density at radius 2 is 2.35 bits per heavy atom. The van der Waals surface area contributed by atoms with Gasteiger partial charge in [0.15, 0.2) is 0 Å². The molecule has 0 aliphatic heterocycles. The van der Waals surface area contributed by atoms with Crippen molar-refractivity contribution in [3.63, 3.8) is 0 Å². The van der Waals surface area contributed by atoms with Gasteiger partial charge in [-0.1, -0.05) is 0 Å². The summed E-state index contributed by atoms with van der Waals surface area (Å²) in [6, 6.07) is 0.0725. The predicted octanol–water partition coefficient (Wildman–Crippen LogP) is 2.09. The van der Waals surface area contributed by atoms with E-state index in [0.717, 1.165) is 30.0 Å². The molecule has 1 heterocycles. The first-order valence-corrected chi connectivity index (χ1v) is 6.85. The molecule has 94 valence electrons. The lowest BCUT2D eigenvalue weighted by molar-refractivity contribution is 0.0530. The second-order valence-corrected chi connectivity index (χ2v) is 5.58. The molecule has 0 spiro atoms. The van der Waals surface area contributed by atoms with E-state index >= 15 is 0 Å². The van der Waals surface area contributed by atoms with Crippen LogP contribution in [0, 0.1) is 0 Å². The highest BCUT2D eigenvalue weighted by atomic mass is 32.1. The topological polar surface area (TPSA) is 65.2 Å². The fourth-order valence-electron chi connectivity index (χ4n) is 1.72. The van der Waals surface area contributed by atoms with Gasteiger partial charge >= 0.3 is 5.97 Å². The van der Waals surface area contributed by atoms with E-state index < -0.39 is 0 Å². The molecule has 1 saturated carbocycles. The van der Waals surface area contributed by atoms with Gasteiger partial charge in [0.05, 0.1) is 17.3 Å². The summed E-state index contributed by atoms with van der Waals surface area (Å²) in [6.07, 6.45) is 2.99. The van der Waals surface area contributed by atoms with Crippen molar-refractivity contribution in [2.45, 2.75) is 45.1 Å². The molecule has 4 nitrogen and oxygen atoms in total. The van der Waals surface area contributed by atoms with E-state index in [1.807, 2.05) is 13.8 Å². The fourth-order valence-corrected chi connectivity index (χ4v) is 2.90. The smallest absolute Gasteiger partial charge is 0.350 e. The normalized spacial score (nSPS) is 16.9. The number of rotatable bonds is 5. The van der Waals surface area contributed by atoms with Gasteiger partial charge < -0.3 is 10.5 Å². The molecule has 2 rings (SSSR count). The Kier molecular flexibility index (Phi) is 3.79. The lowest BCUT2D eigenvalue weighted by atomic mass is 10.2. The van der Waals surface area contributed by atoms with Crippen LogP contribution in [0.3, 0.4) is 0 Å². The summed E-state index contributed by atoms with van der Waals surface area (Å²) >= 11 is 1.44. The molecule has 1 atom stereocenters. The number of aromatic nitrogens is 1. The number of thiazole rings is 1. The number of nitrogens with two attached hydrogens (primary N) is 1. The average molecular weight is 254 g/mol. The molecule has 0 radical (unpaired) electrons. The molecule has 1 aromatic rings. The number of nitrogens with zero attached hydrogens (tertiary/aromatic N) is 1. The summed E-state index contributed by atoms with van der Waals surface area (Å²) in [5.41, 5.74) is 6.70. The maximum atomic E-state index is 11.8. The number of hydrogen-bond acceptors (Lipinski definition) is 5. The molecule has 0 bridgehead atoms. The third kappa shape index (κ3) is 3.04. The van der Waals surface area contributed by atoms with E-state index in [1.165, 1.54) is 11.3 Å². The van der Waals surface area contributed by atoms with Crippen LogP contribution in [0.25, 0.3) is 0 Å². The quantitative estimate of drug-likeness (QED) is 0.817. The van der Waals surface area contributed by atoms with E-state index in [1.54, 1.807) is 0 Å². The van der Waals surface area contributed by atoms with Gasteiger partial charge in [-0.2, -0.15) is 0 Å². The molecular weight excluding hydrogens is 236 g/mol. The van der Waals surface area contributed by atoms with Crippen LogP contribution < -0.4 is 5.73 Å². The maximum absolute atomic E-state index is 11.8. The Morgan fingerprint density at radius 3 is 2.88 bits per heavy atom. The highest BCUT2D eigenvalue weighted by Gasteiger charge is 2.32. The molecular formula is C12H18N2O2S. The molecule has 0 aromatic carbocycles. The largest absolute Gasteiger partial charge is 0.462 e. The fraction of sp³-hybridized carbons (Fsp3) is 0.667. The first-order valence-electron chi connectivity index (χ1n) is 6.04. The van der Waals surface area contributed by atoms with Crippen molar-refractivity contribution in [3.05, 3.63) is 15.6 Å². The van der Waals surface area contributed by atoms with Crippen molar-refractivity contribution < 1.29 is 9.53 Å². The van der Waals surface area contributed by atoms with Gasteiger partial charge in [0.2, 0.25) is 0 Å². The zero-order chi connectivity index (χ0) is 12.4. The van der Waals surface area contributed by atoms with Crippen molar-refractivity contribution in [1.82, 2.24) is 4.98 Å². The van der Waals surface area contributed by atoms with Gasteiger partial charge in [0, 0.05) is 18.4 Å². The predicted molar refractivity (Wildman–Crippen MR) is 67.4 cm³/mol. The van der Waals surface area contributed by atoms with Crippen molar-refractivity contribution in [3.8, 4) is 0 Å². The highest BCUT2D eigenvalue weighted by Crippen LogP contribution is 2.42. The van der Waals surface area contributed by atoms with Crippen LogP contribution in [0.1, 0.15) is 53.0 Å². The molecule has 5 heteroatoms. The van der Waals surface area contributed by atoms with Crippen molar-refractivity contribution >= 4 is 17.3 Å². The Hall–Kier alpha value is -0.940. The van der Waals surface area contributed by atoms with Crippen LogP contribution in [0.5, 0.6) is 0 Å². The summed E-state index contributed by atoms with van der Waals surface area (Å²) < 4.78 is 5.07. The second kappa shape index (κ2) is 5.14. The molecule has 0 saturated heterocycles. The third-order valence-corrected chi connectivity index (χ3v) is 3.69. The number of hydrogen-bond donors (Lipinski definition) is 1. The SMILES string of the molecule is CCOC(=O)c1sc(CC(C)N)nc1C1CC1. The number of ether oxygens (including phenoxy) is 1. The standard InChI is InChI=1S/C12H18N2O2S/c1-3-16-12(15)11-10(8-4-5-8)14-9(17-11)6-7(2)13/h7-8H,3-6,13H2,1-2H3. The Balaban J connectivity index is 2.22. The summed E-state index contributed by atoms with van der Waals surface area (Å²) in [5.74, 6) is 0.232. The minimum atomic E-state index is -0.233. The Morgan fingerprint density at radius 1 is 1.65 bits per heavy atom. The summed E-state index contributed by atoms with van der Waals surface area (Å²) in [7, 11) is 0. The van der Waals surface area contributed by atoms with Gasteiger partial charge in [-0.25, -0.2) is 9.78 Å². The number of carbonyl (C=O) groups excluding carboxylic acids is 1. The first kappa shape index (κ1) is 12.5.